The molecule has 1 nitrogen and oxygen atoms in total. The van der Waals surface area contributed by atoms with E-state index >= 15 is 0 Å². The van der Waals surface area contributed by atoms with Gasteiger partial charge in [0, 0.05) is 12.2 Å². The van der Waals surface area contributed by atoms with Crippen molar-refractivity contribution in [1.82, 2.24) is 5.32 Å². The molecule has 2 rings (SSSR count). The number of unbranched alkanes of at least 4 members (excludes halogenated alkanes) is 2. The summed E-state index contributed by atoms with van der Waals surface area (Å²) in [5.41, 5.74) is 10.5. The molecule has 0 amide bonds. The van der Waals surface area contributed by atoms with Crippen LogP contribution in [0.1, 0.15) is 86.6 Å². The van der Waals surface area contributed by atoms with Gasteiger partial charge in [0.15, 0.2) is 0 Å². The van der Waals surface area contributed by atoms with Gasteiger partial charge in [-0.05, 0) is 96.2 Å². The van der Waals surface area contributed by atoms with Gasteiger partial charge >= 0.3 is 0 Å². The minimum absolute atomic E-state index is 0.697. The van der Waals surface area contributed by atoms with Crippen LogP contribution in [0.5, 0.6) is 0 Å². The van der Waals surface area contributed by atoms with Gasteiger partial charge in [-0.3, -0.25) is 0 Å². The molecule has 2 aromatic carbocycles. The Hall–Kier alpha value is -3.58. The molecule has 1 heteroatoms. The first-order chi connectivity index (χ1) is 19.3. The molecule has 0 aliphatic rings. The van der Waals surface area contributed by atoms with Crippen molar-refractivity contribution in [2.75, 3.05) is 6.54 Å². The number of hydrogen-bond acceptors (Lipinski definition) is 1. The molecule has 212 valence electrons. The molecule has 0 saturated heterocycles. The normalized spacial score (nSPS) is 11.7. The lowest BCUT2D eigenvalue weighted by Crippen LogP contribution is -2.12. The first kappa shape index (κ1) is 32.6. The third kappa shape index (κ3) is 11.3. The van der Waals surface area contributed by atoms with Gasteiger partial charge in [0.2, 0.25) is 0 Å². The van der Waals surface area contributed by atoms with Crippen molar-refractivity contribution in [3.05, 3.63) is 140 Å². The Morgan fingerprint density at radius 3 is 2.27 bits per heavy atom. The Labute approximate surface area is 245 Å². The van der Waals surface area contributed by atoms with Crippen molar-refractivity contribution in [3.63, 3.8) is 0 Å². The largest absolute Gasteiger partial charge is 0.385 e. The summed E-state index contributed by atoms with van der Waals surface area (Å²) in [4.78, 5) is 0. The van der Waals surface area contributed by atoms with Crippen LogP contribution in [-0.2, 0) is 12.8 Å². The van der Waals surface area contributed by atoms with Gasteiger partial charge in [-0.25, -0.2) is 0 Å². The Balaban J connectivity index is 2.16. The van der Waals surface area contributed by atoms with Crippen LogP contribution < -0.4 is 5.32 Å². The Morgan fingerprint density at radius 1 is 0.875 bits per heavy atom. The minimum Gasteiger partial charge on any atom is -0.385 e. The monoisotopic (exact) mass is 533 g/mol. The van der Waals surface area contributed by atoms with E-state index in [-0.39, 0.29) is 0 Å². The summed E-state index contributed by atoms with van der Waals surface area (Å²) in [5, 5.41) is 3.45. The van der Waals surface area contributed by atoms with Gasteiger partial charge in [0.25, 0.3) is 0 Å². The standard InChI is InChI=1S/C39H51N/c1-9-12-14-16-26-40-34(8)37-24-22-36(23-25-37)33(7)28-38-21-20-35(27-31(5)17-15-13-10-2)29-39(38)32(6)19-18-30(4)11-3/h9-10,15,17,20-25,29-30,40H,1-2,5-8,11-14,16,18-19,26-28H2,3-4H3/b17-15-. The van der Waals surface area contributed by atoms with Crippen LogP contribution in [0.15, 0.2) is 112 Å². The molecule has 0 heterocycles. The molecular weight excluding hydrogens is 482 g/mol. The summed E-state index contributed by atoms with van der Waals surface area (Å²) in [7, 11) is 0. The molecule has 0 saturated carbocycles. The summed E-state index contributed by atoms with van der Waals surface area (Å²) < 4.78 is 0. The molecule has 0 radical (unpaired) electrons. The smallest absolute Gasteiger partial charge is 0.0340 e. The fourth-order valence-corrected chi connectivity index (χ4v) is 4.62. The first-order valence-corrected chi connectivity index (χ1v) is 14.9. The lowest BCUT2D eigenvalue weighted by molar-refractivity contribution is 0.525. The molecule has 0 aliphatic carbocycles. The zero-order valence-corrected chi connectivity index (χ0v) is 25.2. The molecule has 1 atom stereocenters. The second kappa shape index (κ2) is 17.9. The van der Waals surface area contributed by atoms with E-state index in [1.165, 1.54) is 28.7 Å². The van der Waals surface area contributed by atoms with Gasteiger partial charge in [0.1, 0.15) is 0 Å². The van der Waals surface area contributed by atoms with Crippen molar-refractivity contribution in [1.29, 1.82) is 0 Å². The van der Waals surface area contributed by atoms with E-state index in [4.69, 9.17) is 0 Å². The van der Waals surface area contributed by atoms with E-state index in [0.717, 1.165) is 85.9 Å². The van der Waals surface area contributed by atoms with Gasteiger partial charge < -0.3 is 5.32 Å². The molecule has 40 heavy (non-hydrogen) atoms. The van der Waals surface area contributed by atoms with Crippen molar-refractivity contribution < 1.29 is 0 Å². The summed E-state index contributed by atoms with van der Waals surface area (Å²) in [6, 6.07) is 15.4. The van der Waals surface area contributed by atoms with E-state index in [1.54, 1.807) is 0 Å². The SMILES string of the molecule is C=CC/C=C\C(=C)Cc1ccc(CC(=C)c2ccc(C(=C)NCCCCC=C)cc2)c(C(=C)CCC(C)CC)c1. The quantitative estimate of drug-likeness (QED) is 0.101. The van der Waals surface area contributed by atoms with Crippen molar-refractivity contribution in [2.45, 2.75) is 71.6 Å². The molecule has 0 aromatic heterocycles. The highest BCUT2D eigenvalue weighted by Crippen LogP contribution is 2.30. The van der Waals surface area contributed by atoms with Crippen molar-refractivity contribution in [3.8, 4) is 0 Å². The summed E-state index contributed by atoms with van der Waals surface area (Å²) >= 11 is 0. The maximum Gasteiger partial charge on any atom is 0.0340 e. The van der Waals surface area contributed by atoms with E-state index in [1.807, 2.05) is 12.2 Å². The minimum atomic E-state index is 0.697. The molecule has 0 aliphatic heterocycles. The second-order valence-corrected chi connectivity index (χ2v) is 11.0. The summed E-state index contributed by atoms with van der Waals surface area (Å²) in [5.74, 6) is 0.697. The second-order valence-electron chi connectivity index (χ2n) is 11.0. The number of allylic oxidation sites excluding steroid dienone is 7. The van der Waals surface area contributed by atoms with Crippen LogP contribution in [0.4, 0.5) is 0 Å². The number of nitrogens with one attached hydrogen (secondary N) is 1. The number of hydrogen-bond donors (Lipinski definition) is 1. The zero-order chi connectivity index (χ0) is 29.3. The van der Waals surface area contributed by atoms with E-state index in [2.05, 4.69) is 113 Å². The van der Waals surface area contributed by atoms with Crippen LogP contribution in [0.2, 0.25) is 0 Å². The topological polar surface area (TPSA) is 12.0 Å². The maximum atomic E-state index is 4.53. The predicted octanol–water partition coefficient (Wildman–Crippen LogP) is 10.9. The van der Waals surface area contributed by atoms with Crippen molar-refractivity contribution in [2.24, 2.45) is 5.92 Å². The highest BCUT2D eigenvalue weighted by molar-refractivity contribution is 5.73. The molecule has 0 spiro atoms. The highest BCUT2D eigenvalue weighted by Gasteiger charge is 2.12. The predicted molar refractivity (Wildman–Crippen MR) is 181 cm³/mol. The van der Waals surface area contributed by atoms with Crippen LogP contribution >= 0.6 is 0 Å². The molecule has 0 fully saturated rings. The molecule has 0 bridgehead atoms. The van der Waals surface area contributed by atoms with E-state index < -0.39 is 0 Å². The Morgan fingerprint density at radius 2 is 1.60 bits per heavy atom. The maximum absolute atomic E-state index is 4.53. The van der Waals surface area contributed by atoms with Crippen LogP contribution in [-0.4, -0.2) is 6.54 Å². The van der Waals surface area contributed by atoms with Crippen LogP contribution in [0.25, 0.3) is 16.8 Å². The Kier molecular flexibility index (Phi) is 14.6. The van der Waals surface area contributed by atoms with E-state index in [9.17, 15) is 0 Å². The molecule has 1 unspecified atom stereocenters. The molecule has 1 N–H and O–H groups in total. The molecule has 2 aromatic rings. The lowest BCUT2D eigenvalue weighted by Gasteiger charge is -2.17. The van der Waals surface area contributed by atoms with Crippen LogP contribution in [0.3, 0.4) is 0 Å². The van der Waals surface area contributed by atoms with Gasteiger partial charge in [0.05, 0.1) is 0 Å². The highest BCUT2D eigenvalue weighted by atomic mass is 14.9. The van der Waals surface area contributed by atoms with Crippen LogP contribution in [0, 0.1) is 5.92 Å². The fraction of sp³-hybridized carbons (Fsp3) is 0.333. The fourth-order valence-electron chi connectivity index (χ4n) is 4.62. The third-order valence-electron chi connectivity index (χ3n) is 7.50. The van der Waals surface area contributed by atoms with E-state index in [0.29, 0.717) is 5.92 Å². The molecular formula is C39H51N. The first-order valence-electron chi connectivity index (χ1n) is 14.9. The lowest BCUT2D eigenvalue weighted by atomic mass is 9.88. The zero-order valence-electron chi connectivity index (χ0n) is 25.2. The van der Waals surface area contributed by atoms with Gasteiger partial charge in [-0.2, -0.15) is 0 Å². The third-order valence-corrected chi connectivity index (χ3v) is 7.50. The number of rotatable bonds is 20. The Bertz CT molecular complexity index is 1190. The summed E-state index contributed by atoms with van der Waals surface area (Å²) in [6.45, 7) is 30.6. The summed E-state index contributed by atoms with van der Waals surface area (Å²) in [6.07, 6.45) is 17.3. The van der Waals surface area contributed by atoms with Crippen molar-refractivity contribution >= 4 is 16.8 Å². The van der Waals surface area contributed by atoms with Gasteiger partial charge in [-0.15, -0.1) is 13.2 Å². The van der Waals surface area contributed by atoms with Gasteiger partial charge in [-0.1, -0.05) is 119 Å². The average molecular weight is 534 g/mol. The number of benzene rings is 2. The average Bonchev–Trinajstić information content (AvgIpc) is 2.96.